The number of aromatic nitrogens is 2. The van der Waals surface area contributed by atoms with Crippen LogP contribution in [0.15, 0.2) is 35.5 Å². The van der Waals surface area contributed by atoms with Crippen molar-refractivity contribution in [1.82, 2.24) is 13.9 Å². The van der Waals surface area contributed by atoms with Crippen LogP contribution in [0.25, 0.3) is 0 Å². The van der Waals surface area contributed by atoms with Crippen molar-refractivity contribution in [1.29, 1.82) is 0 Å². The molecule has 8 heteroatoms. The molecule has 0 amide bonds. The molecule has 1 aromatic carbocycles. The molecule has 1 aromatic heterocycles. The Kier molecular flexibility index (Phi) is 3.87. The van der Waals surface area contributed by atoms with Gasteiger partial charge in [0.05, 0.1) is 6.54 Å². The zero-order valence-electron chi connectivity index (χ0n) is 10.9. The Morgan fingerprint density at radius 1 is 1.35 bits per heavy atom. The molecule has 0 saturated carbocycles. The predicted molar refractivity (Wildman–Crippen MR) is 68.2 cm³/mol. The minimum atomic E-state index is -4.12. The Balaban J connectivity index is 2.35. The third-order valence-corrected chi connectivity index (χ3v) is 4.71. The Morgan fingerprint density at radius 3 is 2.65 bits per heavy atom. The molecule has 0 spiro atoms. The van der Waals surface area contributed by atoms with Gasteiger partial charge in [0.1, 0.15) is 10.7 Å². The van der Waals surface area contributed by atoms with Crippen LogP contribution in [0.4, 0.5) is 8.78 Å². The summed E-state index contributed by atoms with van der Waals surface area (Å²) in [4.78, 5) is 3.31. The lowest BCUT2D eigenvalue weighted by Crippen LogP contribution is -2.28. The molecule has 0 unspecified atom stereocenters. The van der Waals surface area contributed by atoms with Crippen molar-refractivity contribution >= 4 is 10.0 Å². The first-order chi connectivity index (χ1) is 9.34. The second-order valence-electron chi connectivity index (χ2n) is 4.27. The van der Waals surface area contributed by atoms with Crippen LogP contribution in [-0.4, -0.2) is 29.3 Å². The van der Waals surface area contributed by atoms with Gasteiger partial charge in [-0.1, -0.05) is 6.07 Å². The highest BCUT2D eigenvalue weighted by molar-refractivity contribution is 7.89. The number of halogens is 2. The fraction of sp³-hybridized carbons (Fsp3) is 0.250. The van der Waals surface area contributed by atoms with Gasteiger partial charge in [-0.25, -0.2) is 22.2 Å². The molecule has 2 aromatic rings. The summed E-state index contributed by atoms with van der Waals surface area (Å²) in [5.41, 5.74) is 0. The van der Waals surface area contributed by atoms with E-state index in [-0.39, 0.29) is 6.54 Å². The lowest BCUT2D eigenvalue weighted by molar-refractivity contribution is 0.437. The van der Waals surface area contributed by atoms with Crippen molar-refractivity contribution in [3.8, 4) is 0 Å². The van der Waals surface area contributed by atoms with Crippen molar-refractivity contribution in [2.75, 3.05) is 7.05 Å². The lowest BCUT2D eigenvalue weighted by Gasteiger charge is -2.17. The molecule has 0 radical (unpaired) electrons. The molecule has 2 rings (SSSR count). The fourth-order valence-electron chi connectivity index (χ4n) is 1.68. The van der Waals surface area contributed by atoms with Crippen LogP contribution in [0.3, 0.4) is 0 Å². The topological polar surface area (TPSA) is 55.2 Å². The van der Waals surface area contributed by atoms with Crippen LogP contribution in [0.5, 0.6) is 0 Å². The summed E-state index contributed by atoms with van der Waals surface area (Å²) in [5.74, 6) is -2.08. The van der Waals surface area contributed by atoms with Crippen LogP contribution in [0, 0.1) is 11.6 Å². The maximum atomic E-state index is 13.6. The van der Waals surface area contributed by atoms with E-state index in [0.29, 0.717) is 5.82 Å². The lowest BCUT2D eigenvalue weighted by atomic mass is 10.3. The van der Waals surface area contributed by atoms with Gasteiger partial charge in [-0.15, -0.1) is 0 Å². The van der Waals surface area contributed by atoms with Gasteiger partial charge in [-0.05, 0) is 12.1 Å². The van der Waals surface area contributed by atoms with E-state index in [4.69, 9.17) is 0 Å². The number of hydrogen-bond donors (Lipinski definition) is 0. The van der Waals surface area contributed by atoms with Crippen LogP contribution >= 0.6 is 0 Å². The quantitative estimate of drug-likeness (QED) is 0.860. The first kappa shape index (κ1) is 14.6. The summed E-state index contributed by atoms with van der Waals surface area (Å²) in [5, 5.41) is 0. The monoisotopic (exact) mass is 301 g/mol. The van der Waals surface area contributed by atoms with Gasteiger partial charge in [0, 0.05) is 26.5 Å². The highest BCUT2D eigenvalue weighted by Gasteiger charge is 2.26. The summed E-state index contributed by atoms with van der Waals surface area (Å²) >= 11 is 0. The highest BCUT2D eigenvalue weighted by Crippen LogP contribution is 2.21. The third-order valence-electron chi connectivity index (χ3n) is 2.89. The summed E-state index contributed by atoms with van der Waals surface area (Å²) in [7, 11) is -1.12. The Morgan fingerprint density at radius 2 is 2.05 bits per heavy atom. The number of imidazole rings is 1. The van der Waals surface area contributed by atoms with E-state index in [1.54, 1.807) is 17.8 Å². The van der Waals surface area contributed by atoms with E-state index in [1.165, 1.54) is 13.2 Å². The fourth-order valence-corrected chi connectivity index (χ4v) is 2.88. The van der Waals surface area contributed by atoms with Crippen LogP contribution in [0.2, 0.25) is 0 Å². The second kappa shape index (κ2) is 5.29. The smallest absolute Gasteiger partial charge is 0.246 e. The zero-order valence-corrected chi connectivity index (χ0v) is 11.7. The number of benzene rings is 1. The first-order valence-corrected chi connectivity index (χ1v) is 7.14. The SMILES string of the molecule is CN(Cc1nccn1C)S(=O)(=O)c1cccc(F)c1F. The normalized spacial score (nSPS) is 12.1. The van der Waals surface area contributed by atoms with Crippen molar-refractivity contribution in [3.05, 3.63) is 48.1 Å². The maximum absolute atomic E-state index is 13.6. The summed E-state index contributed by atoms with van der Waals surface area (Å²) < 4.78 is 53.8. The molecule has 0 aliphatic rings. The molecule has 1 heterocycles. The van der Waals surface area contributed by atoms with E-state index < -0.39 is 26.6 Å². The maximum Gasteiger partial charge on any atom is 0.246 e. The number of aryl methyl sites for hydroxylation is 1. The molecule has 5 nitrogen and oxygen atoms in total. The van der Waals surface area contributed by atoms with Crippen molar-refractivity contribution in [2.24, 2.45) is 7.05 Å². The Hall–Kier alpha value is -1.80. The molecule has 0 saturated heterocycles. The summed E-state index contributed by atoms with van der Waals surface area (Å²) in [6.07, 6.45) is 3.19. The largest absolute Gasteiger partial charge is 0.337 e. The Bertz CT molecular complexity index is 728. The average Bonchev–Trinajstić information content (AvgIpc) is 2.78. The molecule has 0 bridgehead atoms. The highest BCUT2D eigenvalue weighted by atomic mass is 32.2. The molecule has 0 atom stereocenters. The van der Waals surface area contributed by atoms with Gasteiger partial charge in [0.25, 0.3) is 0 Å². The van der Waals surface area contributed by atoms with E-state index in [9.17, 15) is 17.2 Å². The average molecular weight is 301 g/mol. The minimum Gasteiger partial charge on any atom is -0.337 e. The van der Waals surface area contributed by atoms with E-state index >= 15 is 0 Å². The summed E-state index contributed by atoms with van der Waals surface area (Å²) in [6.45, 7) is -0.0399. The van der Waals surface area contributed by atoms with Gasteiger partial charge < -0.3 is 4.57 Å². The van der Waals surface area contributed by atoms with Gasteiger partial charge >= 0.3 is 0 Å². The molecule has 108 valence electrons. The molecular weight excluding hydrogens is 288 g/mol. The van der Waals surface area contributed by atoms with Crippen LogP contribution in [0.1, 0.15) is 5.82 Å². The van der Waals surface area contributed by atoms with E-state index in [0.717, 1.165) is 22.5 Å². The number of hydrogen-bond acceptors (Lipinski definition) is 3. The van der Waals surface area contributed by atoms with E-state index in [2.05, 4.69) is 4.98 Å². The minimum absolute atomic E-state index is 0.0399. The van der Waals surface area contributed by atoms with Crippen LogP contribution < -0.4 is 0 Å². The predicted octanol–water partition coefficient (Wildman–Crippen LogP) is 1.52. The zero-order chi connectivity index (χ0) is 14.9. The molecule has 0 aliphatic heterocycles. The third kappa shape index (κ3) is 2.56. The van der Waals surface area contributed by atoms with Crippen molar-refractivity contribution < 1.29 is 17.2 Å². The molecule has 20 heavy (non-hydrogen) atoms. The van der Waals surface area contributed by atoms with Crippen molar-refractivity contribution in [3.63, 3.8) is 0 Å². The molecule has 0 fully saturated rings. The van der Waals surface area contributed by atoms with Crippen LogP contribution in [-0.2, 0) is 23.6 Å². The molecule has 0 aliphatic carbocycles. The van der Waals surface area contributed by atoms with Crippen molar-refractivity contribution in [2.45, 2.75) is 11.4 Å². The first-order valence-electron chi connectivity index (χ1n) is 5.70. The molecule has 0 N–H and O–H groups in total. The van der Waals surface area contributed by atoms with Gasteiger partial charge in [-0.3, -0.25) is 0 Å². The Labute approximate surface area is 115 Å². The second-order valence-corrected chi connectivity index (χ2v) is 6.28. The number of nitrogens with zero attached hydrogens (tertiary/aromatic N) is 3. The number of sulfonamides is 1. The van der Waals surface area contributed by atoms with Gasteiger partial charge in [-0.2, -0.15) is 4.31 Å². The van der Waals surface area contributed by atoms with E-state index in [1.807, 2.05) is 0 Å². The van der Waals surface area contributed by atoms with Gasteiger partial charge in [0.2, 0.25) is 10.0 Å². The molecular formula is C12H13F2N3O2S. The van der Waals surface area contributed by atoms with Gasteiger partial charge in [0.15, 0.2) is 11.6 Å². The summed E-state index contributed by atoms with van der Waals surface area (Å²) in [6, 6.07) is 3.05. The standard InChI is InChI=1S/C12H13F2N3O2S/c1-16-7-6-15-11(16)8-17(2)20(18,19)10-5-3-4-9(13)12(10)14/h3-7H,8H2,1-2H3. The number of rotatable bonds is 4.